The molecular weight excluding hydrogens is 198 g/mol. The smallest absolute Gasteiger partial charge is 0.119 e. The maximum absolute atomic E-state index is 5.57. The van der Waals surface area contributed by atoms with Crippen LogP contribution < -0.4 is 10.1 Å². The normalized spacial score (nSPS) is 11.8. The van der Waals surface area contributed by atoms with Gasteiger partial charge in [0, 0.05) is 12.5 Å². The first-order chi connectivity index (χ1) is 7.83. The van der Waals surface area contributed by atoms with Gasteiger partial charge in [-0.3, -0.25) is 0 Å². The lowest BCUT2D eigenvalue weighted by Gasteiger charge is -2.11. The molecule has 0 heterocycles. The minimum atomic E-state index is 0.390. The SMILES string of the molecule is C#CCC(C)NCCCOc1ccccc1. The van der Waals surface area contributed by atoms with Gasteiger partial charge in [-0.1, -0.05) is 18.2 Å². The van der Waals surface area contributed by atoms with E-state index in [-0.39, 0.29) is 0 Å². The molecule has 0 aliphatic heterocycles. The predicted octanol–water partition coefficient (Wildman–Crippen LogP) is 2.46. The molecule has 0 amide bonds. The van der Waals surface area contributed by atoms with E-state index in [9.17, 15) is 0 Å². The standard InChI is InChI=1S/C14H19NO/c1-3-8-13(2)15-11-7-12-16-14-9-5-4-6-10-14/h1,4-6,9-10,13,15H,7-8,11-12H2,2H3. The Morgan fingerprint density at radius 2 is 2.12 bits per heavy atom. The topological polar surface area (TPSA) is 21.3 Å². The van der Waals surface area contributed by atoms with Gasteiger partial charge in [0.1, 0.15) is 5.75 Å². The maximum Gasteiger partial charge on any atom is 0.119 e. The highest BCUT2D eigenvalue weighted by Gasteiger charge is 1.97. The molecule has 1 unspecified atom stereocenters. The Bertz CT molecular complexity index is 315. The number of terminal acetylenes is 1. The van der Waals surface area contributed by atoms with Crippen molar-refractivity contribution in [3.63, 3.8) is 0 Å². The van der Waals surface area contributed by atoms with Gasteiger partial charge >= 0.3 is 0 Å². The predicted molar refractivity (Wildman–Crippen MR) is 67.5 cm³/mol. The molecule has 2 heteroatoms. The van der Waals surface area contributed by atoms with Crippen LogP contribution in [0.5, 0.6) is 5.75 Å². The molecule has 86 valence electrons. The molecule has 1 aromatic rings. The number of rotatable bonds is 7. The fraction of sp³-hybridized carbons (Fsp3) is 0.429. The molecule has 16 heavy (non-hydrogen) atoms. The van der Waals surface area contributed by atoms with Gasteiger partial charge in [-0.2, -0.15) is 0 Å². The third-order valence-electron chi connectivity index (χ3n) is 2.25. The zero-order valence-electron chi connectivity index (χ0n) is 9.78. The lowest BCUT2D eigenvalue weighted by Crippen LogP contribution is -2.27. The monoisotopic (exact) mass is 217 g/mol. The molecular formula is C14H19NO. The summed E-state index contributed by atoms with van der Waals surface area (Å²) in [5.74, 6) is 3.57. The zero-order chi connectivity index (χ0) is 11.6. The van der Waals surface area contributed by atoms with Gasteiger partial charge in [-0.05, 0) is 32.0 Å². The summed E-state index contributed by atoms with van der Waals surface area (Å²) in [7, 11) is 0. The average molecular weight is 217 g/mol. The Labute approximate surface area is 98.0 Å². The number of hydrogen-bond acceptors (Lipinski definition) is 2. The largest absolute Gasteiger partial charge is 0.494 e. The van der Waals surface area contributed by atoms with Crippen molar-refractivity contribution in [3.8, 4) is 18.1 Å². The Kier molecular flexibility index (Phi) is 6.13. The zero-order valence-corrected chi connectivity index (χ0v) is 9.78. The van der Waals surface area contributed by atoms with Crippen molar-refractivity contribution >= 4 is 0 Å². The van der Waals surface area contributed by atoms with Gasteiger partial charge in [0.15, 0.2) is 0 Å². The van der Waals surface area contributed by atoms with E-state index < -0.39 is 0 Å². The minimum Gasteiger partial charge on any atom is -0.494 e. The van der Waals surface area contributed by atoms with Crippen LogP contribution in [0.4, 0.5) is 0 Å². The molecule has 0 aliphatic carbocycles. The molecule has 1 atom stereocenters. The van der Waals surface area contributed by atoms with E-state index in [0.29, 0.717) is 6.04 Å². The Balaban J connectivity index is 2.03. The first-order valence-electron chi connectivity index (χ1n) is 5.67. The van der Waals surface area contributed by atoms with Crippen molar-refractivity contribution in [2.45, 2.75) is 25.8 Å². The number of ether oxygens (including phenoxy) is 1. The molecule has 0 aliphatic rings. The van der Waals surface area contributed by atoms with E-state index in [2.05, 4.69) is 18.2 Å². The fourth-order valence-electron chi connectivity index (χ4n) is 1.38. The van der Waals surface area contributed by atoms with Crippen LogP contribution in [0.2, 0.25) is 0 Å². The van der Waals surface area contributed by atoms with Gasteiger partial charge in [0.05, 0.1) is 6.61 Å². The second-order valence-corrected chi connectivity index (χ2v) is 3.78. The van der Waals surface area contributed by atoms with Crippen molar-refractivity contribution in [1.82, 2.24) is 5.32 Å². The molecule has 1 aromatic carbocycles. The molecule has 0 saturated heterocycles. The number of hydrogen-bond donors (Lipinski definition) is 1. The first kappa shape index (κ1) is 12.6. The van der Waals surface area contributed by atoms with Gasteiger partial charge < -0.3 is 10.1 Å². The average Bonchev–Trinajstić information content (AvgIpc) is 2.30. The van der Waals surface area contributed by atoms with Crippen LogP contribution in [0.3, 0.4) is 0 Å². The second kappa shape index (κ2) is 7.78. The van der Waals surface area contributed by atoms with Crippen molar-refractivity contribution in [2.75, 3.05) is 13.2 Å². The molecule has 0 aromatic heterocycles. The first-order valence-corrected chi connectivity index (χ1v) is 5.67. The lowest BCUT2D eigenvalue weighted by molar-refractivity contribution is 0.305. The number of benzene rings is 1. The number of nitrogens with one attached hydrogen (secondary N) is 1. The highest BCUT2D eigenvalue weighted by Crippen LogP contribution is 2.08. The highest BCUT2D eigenvalue weighted by molar-refractivity contribution is 5.20. The van der Waals surface area contributed by atoms with Gasteiger partial charge in [0.25, 0.3) is 0 Å². The quantitative estimate of drug-likeness (QED) is 0.559. The molecule has 0 bridgehead atoms. The van der Waals surface area contributed by atoms with Crippen molar-refractivity contribution < 1.29 is 4.74 Å². The van der Waals surface area contributed by atoms with E-state index in [1.165, 1.54) is 0 Å². The van der Waals surface area contributed by atoms with E-state index >= 15 is 0 Å². The molecule has 0 radical (unpaired) electrons. The minimum absolute atomic E-state index is 0.390. The maximum atomic E-state index is 5.57. The van der Waals surface area contributed by atoms with Crippen molar-refractivity contribution in [3.05, 3.63) is 30.3 Å². The van der Waals surface area contributed by atoms with Crippen LogP contribution >= 0.6 is 0 Å². The molecule has 0 spiro atoms. The fourth-order valence-corrected chi connectivity index (χ4v) is 1.38. The molecule has 0 saturated carbocycles. The summed E-state index contributed by atoms with van der Waals surface area (Å²) < 4.78 is 5.57. The summed E-state index contributed by atoms with van der Waals surface area (Å²) in [5, 5.41) is 3.35. The van der Waals surface area contributed by atoms with E-state index in [1.807, 2.05) is 30.3 Å². The summed E-state index contributed by atoms with van der Waals surface area (Å²) in [6.07, 6.45) is 6.99. The molecule has 0 fully saturated rings. The summed E-state index contributed by atoms with van der Waals surface area (Å²) in [5.41, 5.74) is 0. The Morgan fingerprint density at radius 3 is 2.81 bits per heavy atom. The van der Waals surface area contributed by atoms with Crippen LogP contribution in [0.25, 0.3) is 0 Å². The van der Waals surface area contributed by atoms with Crippen LogP contribution in [0.15, 0.2) is 30.3 Å². The highest BCUT2D eigenvalue weighted by atomic mass is 16.5. The molecule has 1 rings (SSSR count). The summed E-state index contributed by atoms with van der Waals surface area (Å²) in [4.78, 5) is 0. The Morgan fingerprint density at radius 1 is 1.38 bits per heavy atom. The van der Waals surface area contributed by atoms with Crippen LogP contribution in [-0.4, -0.2) is 19.2 Å². The lowest BCUT2D eigenvalue weighted by atomic mass is 10.2. The van der Waals surface area contributed by atoms with E-state index in [1.54, 1.807) is 0 Å². The van der Waals surface area contributed by atoms with Crippen molar-refractivity contribution in [1.29, 1.82) is 0 Å². The van der Waals surface area contributed by atoms with Gasteiger partial charge in [-0.25, -0.2) is 0 Å². The summed E-state index contributed by atoms with van der Waals surface area (Å²) >= 11 is 0. The summed E-state index contributed by atoms with van der Waals surface area (Å²) in [6, 6.07) is 10.3. The Hall–Kier alpha value is -1.46. The van der Waals surface area contributed by atoms with Gasteiger partial charge in [-0.15, -0.1) is 12.3 Å². The molecule has 1 N–H and O–H groups in total. The van der Waals surface area contributed by atoms with Crippen molar-refractivity contribution in [2.24, 2.45) is 0 Å². The number of para-hydroxylation sites is 1. The summed E-state index contributed by atoms with van der Waals surface area (Å²) in [6.45, 7) is 3.77. The van der Waals surface area contributed by atoms with Crippen LogP contribution in [0.1, 0.15) is 19.8 Å². The van der Waals surface area contributed by atoms with E-state index in [4.69, 9.17) is 11.2 Å². The van der Waals surface area contributed by atoms with Gasteiger partial charge in [0.2, 0.25) is 0 Å². The van der Waals surface area contributed by atoms with Crippen LogP contribution in [0, 0.1) is 12.3 Å². The second-order valence-electron chi connectivity index (χ2n) is 3.78. The third-order valence-corrected chi connectivity index (χ3v) is 2.25. The molecule has 2 nitrogen and oxygen atoms in total. The third kappa shape index (κ3) is 5.43. The van der Waals surface area contributed by atoms with E-state index in [0.717, 1.165) is 31.7 Å². The van der Waals surface area contributed by atoms with Crippen LogP contribution in [-0.2, 0) is 0 Å².